The summed E-state index contributed by atoms with van der Waals surface area (Å²) in [7, 11) is 0. The summed E-state index contributed by atoms with van der Waals surface area (Å²) in [6.45, 7) is 10.6. The minimum Gasteiger partial charge on any atom is -0.369 e. The Labute approximate surface area is 108 Å². The molecule has 1 atom stereocenters. The molecule has 18 heavy (non-hydrogen) atoms. The van der Waals surface area contributed by atoms with E-state index < -0.39 is 0 Å². The average Bonchev–Trinajstić information content (AvgIpc) is 2.85. The van der Waals surface area contributed by atoms with Crippen molar-refractivity contribution < 1.29 is 9.26 Å². The molecular weight excluding hydrogens is 232 g/mol. The van der Waals surface area contributed by atoms with E-state index in [9.17, 15) is 0 Å². The smallest absolute Gasteiger partial charge is 0.252 e. The molecule has 0 spiro atoms. The van der Waals surface area contributed by atoms with Crippen LogP contribution in [0.5, 0.6) is 0 Å². The van der Waals surface area contributed by atoms with Gasteiger partial charge in [-0.15, -0.1) is 0 Å². The second-order valence-corrected chi connectivity index (χ2v) is 4.87. The number of ether oxygens (including phenoxy) is 1. The van der Waals surface area contributed by atoms with Crippen molar-refractivity contribution in [2.45, 2.75) is 39.5 Å². The van der Waals surface area contributed by atoms with Crippen LogP contribution in [-0.4, -0.2) is 47.3 Å². The molecule has 1 unspecified atom stereocenters. The highest BCUT2D eigenvalue weighted by Gasteiger charge is 2.22. The molecule has 0 bridgehead atoms. The van der Waals surface area contributed by atoms with Gasteiger partial charge < -0.3 is 14.6 Å². The second kappa shape index (κ2) is 6.26. The van der Waals surface area contributed by atoms with Crippen LogP contribution >= 0.6 is 0 Å². The molecule has 1 aliphatic rings. The lowest BCUT2D eigenvalue weighted by molar-refractivity contribution is 0.0485. The summed E-state index contributed by atoms with van der Waals surface area (Å²) in [4.78, 5) is 6.75. The van der Waals surface area contributed by atoms with E-state index in [1.54, 1.807) is 0 Å². The average molecular weight is 254 g/mol. The maximum Gasteiger partial charge on any atom is 0.252 e. The van der Waals surface area contributed by atoms with Crippen molar-refractivity contribution >= 4 is 0 Å². The first-order valence-electron chi connectivity index (χ1n) is 6.55. The number of hydrogen-bond donors (Lipinski definition) is 1. The van der Waals surface area contributed by atoms with Gasteiger partial charge in [0.05, 0.1) is 12.1 Å². The van der Waals surface area contributed by atoms with Gasteiger partial charge in [0.15, 0.2) is 5.82 Å². The highest BCUT2D eigenvalue weighted by Crippen LogP contribution is 2.17. The summed E-state index contributed by atoms with van der Waals surface area (Å²) in [6.07, 6.45) is 0.172. The van der Waals surface area contributed by atoms with Gasteiger partial charge in [0.2, 0.25) is 0 Å². The fourth-order valence-corrected chi connectivity index (χ4v) is 1.97. The van der Waals surface area contributed by atoms with Gasteiger partial charge in [-0.3, -0.25) is 4.90 Å². The minimum atomic E-state index is 0.172. The monoisotopic (exact) mass is 254 g/mol. The van der Waals surface area contributed by atoms with Gasteiger partial charge in [-0.2, -0.15) is 4.98 Å². The van der Waals surface area contributed by atoms with Crippen LogP contribution in [-0.2, 0) is 11.3 Å². The van der Waals surface area contributed by atoms with Gasteiger partial charge in [0.1, 0.15) is 6.61 Å². The Bertz CT molecular complexity index is 361. The molecule has 1 fully saturated rings. The van der Waals surface area contributed by atoms with Crippen LogP contribution in [0.3, 0.4) is 0 Å². The van der Waals surface area contributed by atoms with Crippen molar-refractivity contribution in [2.24, 2.45) is 0 Å². The molecular formula is C12H22N4O2. The van der Waals surface area contributed by atoms with Crippen LogP contribution in [0.2, 0.25) is 0 Å². The summed E-state index contributed by atoms with van der Waals surface area (Å²) >= 11 is 0. The fourth-order valence-electron chi connectivity index (χ4n) is 1.97. The number of nitrogens with zero attached hydrogens (tertiary/aromatic N) is 3. The van der Waals surface area contributed by atoms with Crippen molar-refractivity contribution in [2.75, 3.05) is 26.2 Å². The Morgan fingerprint density at radius 3 is 2.72 bits per heavy atom. The first-order valence-corrected chi connectivity index (χ1v) is 6.55. The van der Waals surface area contributed by atoms with Gasteiger partial charge in [-0.1, -0.05) is 5.16 Å². The van der Waals surface area contributed by atoms with Crippen molar-refractivity contribution in [1.29, 1.82) is 0 Å². The van der Waals surface area contributed by atoms with Gasteiger partial charge in [0.25, 0.3) is 5.89 Å². The molecule has 1 aromatic rings. The highest BCUT2D eigenvalue weighted by atomic mass is 16.5. The quantitative estimate of drug-likeness (QED) is 0.844. The van der Waals surface area contributed by atoms with Crippen molar-refractivity contribution in [1.82, 2.24) is 20.4 Å². The van der Waals surface area contributed by atoms with E-state index >= 15 is 0 Å². The van der Waals surface area contributed by atoms with E-state index in [0.29, 0.717) is 12.5 Å². The lowest BCUT2D eigenvalue weighted by Gasteiger charge is -2.30. The predicted octanol–water partition coefficient (Wildman–Crippen LogP) is 0.961. The topological polar surface area (TPSA) is 63.4 Å². The Balaban J connectivity index is 1.91. The van der Waals surface area contributed by atoms with Crippen molar-refractivity contribution in [3.05, 3.63) is 11.7 Å². The molecule has 1 saturated heterocycles. The summed E-state index contributed by atoms with van der Waals surface area (Å²) < 4.78 is 10.6. The van der Waals surface area contributed by atoms with Crippen LogP contribution in [0.1, 0.15) is 38.5 Å². The fraction of sp³-hybridized carbons (Fsp3) is 0.833. The zero-order chi connectivity index (χ0) is 13.0. The van der Waals surface area contributed by atoms with Gasteiger partial charge in [-0.05, 0) is 20.8 Å². The van der Waals surface area contributed by atoms with E-state index in [1.807, 2.05) is 13.8 Å². The zero-order valence-electron chi connectivity index (χ0n) is 11.3. The molecule has 102 valence electrons. The van der Waals surface area contributed by atoms with E-state index in [1.165, 1.54) is 0 Å². The highest BCUT2D eigenvalue weighted by molar-refractivity contribution is 4.93. The molecule has 1 aliphatic heterocycles. The Morgan fingerprint density at radius 1 is 1.33 bits per heavy atom. The largest absolute Gasteiger partial charge is 0.369 e. The number of hydrogen-bond acceptors (Lipinski definition) is 6. The first-order chi connectivity index (χ1) is 8.66. The van der Waals surface area contributed by atoms with Gasteiger partial charge in [0, 0.05) is 26.2 Å². The molecule has 1 aromatic heterocycles. The summed E-state index contributed by atoms with van der Waals surface area (Å²) in [5, 5.41) is 7.37. The molecule has 6 nitrogen and oxygen atoms in total. The number of aromatic nitrogens is 2. The number of piperazine rings is 1. The van der Waals surface area contributed by atoms with E-state index in [0.717, 1.165) is 32.0 Å². The summed E-state index contributed by atoms with van der Waals surface area (Å²) in [5.41, 5.74) is 0. The summed E-state index contributed by atoms with van der Waals surface area (Å²) in [6, 6.07) is 0.198. The van der Waals surface area contributed by atoms with Gasteiger partial charge in [-0.25, -0.2) is 0 Å². The van der Waals surface area contributed by atoms with E-state index in [-0.39, 0.29) is 12.1 Å². The molecule has 2 heterocycles. The van der Waals surface area contributed by atoms with Crippen LogP contribution in [0.25, 0.3) is 0 Å². The predicted molar refractivity (Wildman–Crippen MR) is 67.1 cm³/mol. The lowest BCUT2D eigenvalue weighted by atomic mass is 10.2. The lowest BCUT2D eigenvalue weighted by Crippen LogP contribution is -2.44. The molecule has 0 amide bonds. The molecule has 2 rings (SSSR count). The number of rotatable bonds is 5. The molecule has 0 radical (unpaired) electrons. The Hall–Kier alpha value is -0.980. The first kappa shape index (κ1) is 13.5. The zero-order valence-corrected chi connectivity index (χ0v) is 11.3. The Kier molecular flexibility index (Phi) is 4.68. The van der Waals surface area contributed by atoms with Crippen LogP contribution in [0.4, 0.5) is 0 Å². The van der Waals surface area contributed by atoms with Crippen LogP contribution < -0.4 is 5.32 Å². The SMILES string of the molecule is CC(C)OCc1nc(C(C)N2CCNCC2)no1. The van der Waals surface area contributed by atoms with Crippen molar-refractivity contribution in [3.63, 3.8) is 0 Å². The third kappa shape index (κ3) is 3.51. The Morgan fingerprint density at radius 2 is 2.06 bits per heavy atom. The van der Waals surface area contributed by atoms with E-state index in [2.05, 4.69) is 27.3 Å². The molecule has 0 aliphatic carbocycles. The maximum absolute atomic E-state index is 5.45. The minimum absolute atomic E-state index is 0.172. The summed E-state index contributed by atoms with van der Waals surface area (Å²) in [5.74, 6) is 1.31. The molecule has 0 aromatic carbocycles. The van der Waals surface area contributed by atoms with Crippen molar-refractivity contribution in [3.8, 4) is 0 Å². The second-order valence-electron chi connectivity index (χ2n) is 4.87. The third-order valence-electron chi connectivity index (χ3n) is 3.10. The molecule has 6 heteroatoms. The molecule has 1 N–H and O–H groups in total. The van der Waals surface area contributed by atoms with Crippen LogP contribution in [0.15, 0.2) is 4.52 Å². The third-order valence-corrected chi connectivity index (χ3v) is 3.10. The maximum atomic E-state index is 5.45. The van der Waals surface area contributed by atoms with Crippen LogP contribution in [0, 0.1) is 0 Å². The molecule has 0 saturated carbocycles. The standard InChI is InChI=1S/C12H22N4O2/c1-9(2)17-8-11-14-12(15-18-11)10(3)16-6-4-13-5-7-16/h9-10,13H,4-8H2,1-3H3. The van der Waals surface area contributed by atoms with E-state index in [4.69, 9.17) is 9.26 Å². The normalized spacial score (nSPS) is 19.3. The van der Waals surface area contributed by atoms with Gasteiger partial charge >= 0.3 is 0 Å². The number of nitrogens with one attached hydrogen (secondary N) is 1.